The minimum Gasteiger partial charge on any atom is -0.357 e. The molecule has 0 amide bonds. The highest BCUT2D eigenvalue weighted by molar-refractivity contribution is 14.0. The first-order valence-electron chi connectivity index (χ1n) is 9.39. The maximum Gasteiger partial charge on any atom is 0.191 e. The molecule has 0 aromatic heterocycles. The van der Waals surface area contributed by atoms with Crippen molar-refractivity contribution < 1.29 is 0 Å². The van der Waals surface area contributed by atoms with Gasteiger partial charge in [-0.2, -0.15) is 5.26 Å². The van der Waals surface area contributed by atoms with Gasteiger partial charge in [-0.15, -0.1) is 24.0 Å². The Bertz CT molecular complexity index is 564. The number of benzene rings is 1. The van der Waals surface area contributed by atoms with Crippen LogP contribution in [0.2, 0.25) is 0 Å². The highest BCUT2D eigenvalue weighted by Crippen LogP contribution is 2.06. The summed E-state index contributed by atoms with van der Waals surface area (Å²) in [6, 6.07) is 10.2. The zero-order valence-electron chi connectivity index (χ0n) is 16.6. The maximum absolute atomic E-state index is 8.99. The molecule has 0 aliphatic heterocycles. The van der Waals surface area contributed by atoms with Gasteiger partial charge >= 0.3 is 0 Å². The number of nitrogens with one attached hydrogen (secondary N) is 2. The smallest absolute Gasteiger partial charge is 0.191 e. The molecule has 1 rings (SSSR count). The Morgan fingerprint density at radius 2 is 2.00 bits per heavy atom. The molecule has 146 valence electrons. The lowest BCUT2D eigenvalue weighted by molar-refractivity contribution is 0.292. The van der Waals surface area contributed by atoms with Crippen LogP contribution in [0, 0.1) is 11.3 Å². The molecule has 6 heteroatoms. The Balaban J connectivity index is 0.00000625. The number of hydrogen-bond acceptors (Lipinski definition) is 3. The van der Waals surface area contributed by atoms with Crippen molar-refractivity contribution in [2.75, 3.05) is 26.2 Å². The second-order valence-electron chi connectivity index (χ2n) is 6.22. The van der Waals surface area contributed by atoms with Gasteiger partial charge in [-0.1, -0.05) is 26.0 Å². The number of nitriles is 1. The van der Waals surface area contributed by atoms with Crippen LogP contribution in [0.4, 0.5) is 0 Å². The van der Waals surface area contributed by atoms with Crippen LogP contribution in [0.5, 0.6) is 0 Å². The van der Waals surface area contributed by atoms with Crippen LogP contribution in [0.15, 0.2) is 29.3 Å². The fourth-order valence-corrected chi connectivity index (χ4v) is 2.70. The predicted molar refractivity (Wildman–Crippen MR) is 121 cm³/mol. The van der Waals surface area contributed by atoms with Crippen molar-refractivity contribution in [1.82, 2.24) is 15.5 Å². The van der Waals surface area contributed by atoms with Crippen LogP contribution < -0.4 is 10.6 Å². The lowest BCUT2D eigenvalue weighted by Crippen LogP contribution is -2.42. The first kappa shape index (κ1) is 24.7. The summed E-state index contributed by atoms with van der Waals surface area (Å²) in [5.41, 5.74) is 1.72. The molecule has 0 radical (unpaired) electrons. The molecule has 0 saturated carbocycles. The molecule has 0 bridgehead atoms. The third-order valence-corrected chi connectivity index (χ3v) is 4.21. The van der Waals surface area contributed by atoms with Gasteiger partial charge in [-0.3, -0.25) is 0 Å². The van der Waals surface area contributed by atoms with Crippen molar-refractivity contribution in [2.45, 2.75) is 53.1 Å². The molecule has 2 N–H and O–H groups in total. The van der Waals surface area contributed by atoms with Gasteiger partial charge < -0.3 is 15.5 Å². The summed E-state index contributed by atoms with van der Waals surface area (Å²) in [6.07, 6.45) is 2.30. The third-order valence-electron chi connectivity index (χ3n) is 4.21. The van der Waals surface area contributed by atoms with Crippen molar-refractivity contribution in [3.8, 4) is 6.07 Å². The van der Waals surface area contributed by atoms with Gasteiger partial charge in [0.1, 0.15) is 0 Å². The Morgan fingerprint density at radius 1 is 1.27 bits per heavy atom. The zero-order valence-corrected chi connectivity index (χ0v) is 18.9. The van der Waals surface area contributed by atoms with E-state index in [2.05, 4.69) is 54.3 Å². The molecular formula is C20H34IN5. The Labute approximate surface area is 176 Å². The van der Waals surface area contributed by atoms with E-state index in [0.717, 1.165) is 44.1 Å². The molecular weight excluding hydrogens is 437 g/mol. The maximum atomic E-state index is 8.99. The number of aliphatic imine (C=N–C) groups is 1. The van der Waals surface area contributed by atoms with Gasteiger partial charge in [-0.25, -0.2) is 4.99 Å². The summed E-state index contributed by atoms with van der Waals surface area (Å²) in [5, 5.41) is 15.8. The first-order valence-corrected chi connectivity index (χ1v) is 9.39. The van der Waals surface area contributed by atoms with Crippen LogP contribution in [-0.4, -0.2) is 43.1 Å². The largest absolute Gasteiger partial charge is 0.357 e. The average molecular weight is 471 g/mol. The van der Waals surface area contributed by atoms with E-state index in [1.807, 2.05) is 24.3 Å². The SMILES string of the molecule is CCNC(=NCc1cccc(C#N)c1)NC(C)CCCN(CC)CC.I. The topological polar surface area (TPSA) is 63.5 Å². The van der Waals surface area contributed by atoms with E-state index in [0.29, 0.717) is 18.2 Å². The van der Waals surface area contributed by atoms with Crippen molar-refractivity contribution in [1.29, 1.82) is 5.26 Å². The average Bonchev–Trinajstić information content (AvgIpc) is 2.63. The van der Waals surface area contributed by atoms with Crippen LogP contribution in [0.3, 0.4) is 0 Å². The minimum atomic E-state index is 0. The fraction of sp³-hybridized carbons (Fsp3) is 0.600. The van der Waals surface area contributed by atoms with Crippen molar-refractivity contribution >= 4 is 29.9 Å². The quantitative estimate of drug-likeness (QED) is 0.310. The summed E-state index contributed by atoms with van der Waals surface area (Å²) >= 11 is 0. The molecule has 0 fully saturated rings. The van der Waals surface area contributed by atoms with Crippen LogP contribution >= 0.6 is 24.0 Å². The van der Waals surface area contributed by atoms with E-state index in [-0.39, 0.29) is 24.0 Å². The second-order valence-corrected chi connectivity index (χ2v) is 6.22. The Kier molecular flexibility index (Phi) is 14.0. The third kappa shape index (κ3) is 9.97. The molecule has 0 heterocycles. The number of guanidine groups is 1. The zero-order chi connectivity index (χ0) is 18.5. The van der Waals surface area contributed by atoms with Gasteiger partial charge in [0.15, 0.2) is 5.96 Å². The van der Waals surface area contributed by atoms with Crippen LogP contribution in [0.25, 0.3) is 0 Å². The Hall–Kier alpha value is -1.33. The van der Waals surface area contributed by atoms with E-state index in [1.54, 1.807) is 0 Å². The predicted octanol–water partition coefficient (Wildman–Crippen LogP) is 3.74. The van der Waals surface area contributed by atoms with Gasteiger partial charge in [0.2, 0.25) is 0 Å². The molecule has 0 aliphatic carbocycles. The molecule has 1 aromatic rings. The monoisotopic (exact) mass is 471 g/mol. The second kappa shape index (κ2) is 14.8. The summed E-state index contributed by atoms with van der Waals surface area (Å²) in [5.74, 6) is 0.834. The first-order chi connectivity index (χ1) is 12.1. The molecule has 0 saturated heterocycles. The lowest BCUT2D eigenvalue weighted by atomic mass is 10.1. The van der Waals surface area contributed by atoms with E-state index in [9.17, 15) is 0 Å². The number of halogens is 1. The summed E-state index contributed by atoms with van der Waals surface area (Å²) in [7, 11) is 0. The van der Waals surface area contributed by atoms with E-state index >= 15 is 0 Å². The van der Waals surface area contributed by atoms with Crippen LogP contribution in [-0.2, 0) is 6.54 Å². The minimum absolute atomic E-state index is 0. The Morgan fingerprint density at radius 3 is 2.62 bits per heavy atom. The summed E-state index contributed by atoms with van der Waals surface area (Å²) in [6.45, 7) is 13.5. The lowest BCUT2D eigenvalue weighted by Gasteiger charge is -2.21. The highest BCUT2D eigenvalue weighted by Gasteiger charge is 2.06. The van der Waals surface area contributed by atoms with Gasteiger partial charge in [0, 0.05) is 12.6 Å². The fourth-order valence-electron chi connectivity index (χ4n) is 2.70. The van der Waals surface area contributed by atoms with Crippen molar-refractivity contribution in [2.24, 2.45) is 4.99 Å². The van der Waals surface area contributed by atoms with E-state index < -0.39 is 0 Å². The van der Waals surface area contributed by atoms with E-state index in [4.69, 9.17) is 5.26 Å². The number of nitrogens with zero attached hydrogens (tertiary/aromatic N) is 3. The molecule has 1 atom stereocenters. The number of rotatable bonds is 10. The molecule has 1 aromatic carbocycles. The van der Waals surface area contributed by atoms with Crippen LogP contribution in [0.1, 0.15) is 51.7 Å². The van der Waals surface area contributed by atoms with Gasteiger partial charge in [-0.05, 0) is 64.0 Å². The number of hydrogen-bond donors (Lipinski definition) is 2. The van der Waals surface area contributed by atoms with E-state index in [1.165, 1.54) is 6.42 Å². The van der Waals surface area contributed by atoms with Crippen molar-refractivity contribution in [3.63, 3.8) is 0 Å². The molecule has 5 nitrogen and oxygen atoms in total. The van der Waals surface area contributed by atoms with Gasteiger partial charge in [0.25, 0.3) is 0 Å². The molecule has 1 unspecified atom stereocenters. The molecule has 0 spiro atoms. The standard InChI is InChI=1S/C20H33N5.HI/c1-5-22-20(23-16-19-12-8-11-18(14-19)15-21)24-17(4)10-9-13-25(6-2)7-3;/h8,11-12,14,17H,5-7,9-10,13,16H2,1-4H3,(H2,22,23,24);1H. The molecule has 26 heavy (non-hydrogen) atoms. The summed E-state index contributed by atoms with van der Waals surface area (Å²) < 4.78 is 0. The molecule has 0 aliphatic rings. The highest BCUT2D eigenvalue weighted by atomic mass is 127. The van der Waals surface area contributed by atoms with Gasteiger partial charge in [0.05, 0.1) is 18.2 Å². The summed E-state index contributed by atoms with van der Waals surface area (Å²) in [4.78, 5) is 7.10. The normalized spacial score (nSPS) is 12.2. The van der Waals surface area contributed by atoms with Crippen molar-refractivity contribution in [3.05, 3.63) is 35.4 Å².